The number of rotatable bonds is 6. The monoisotopic (exact) mass is 243 g/mol. The number of methoxy groups -OCH3 is 2. The van der Waals surface area contributed by atoms with Crippen molar-refractivity contribution < 1.29 is 19.0 Å². The van der Waals surface area contributed by atoms with E-state index in [1.165, 1.54) is 18.2 Å². The molecule has 4 nitrogen and oxygen atoms in total. The van der Waals surface area contributed by atoms with E-state index in [0.717, 1.165) is 0 Å². The molecule has 1 aromatic carbocycles. The molecule has 1 unspecified atom stereocenters. The molecule has 0 aliphatic rings. The number of halogens is 1. The Morgan fingerprint density at radius 1 is 1.35 bits per heavy atom. The van der Waals surface area contributed by atoms with Crippen molar-refractivity contribution in [3.8, 4) is 5.75 Å². The van der Waals surface area contributed by atoms with Crippen molar-refractivity contribution in [2.75, 3.05) is 20.8 Å². The molecule has 1 atom stereocenters. The molecule has 0 aliphatic carbocycles. The number of phenolic OH excluding ortho intramolecular Hbond substituents is 1. The molecule has 0 bridgehead atoms. The van der Waals surface area contributed by atoms with Gasteiger partial charge in [-0.2, -0.15) is 0 Å². The fourth-order valence-corrected chi connectivity index (χ4v) is 1.52. The van der Waals surface area contributed by atoms with Gasteiger partial charge in [0.2, 0.25) is 0 Å². The topological polar surface area (TPSA) is 50.7 Å². The summed E-state index contributed by atoms with van der Waals surface area (Å²) >= 11 is 0. The lowest BCUT2D eigenvalue weighted by Gasteiger charge is -2.19. The molecule has 0 radical (unpaired) electrons. The summed E-state index contributed by atoms with van der Waals surface area (Å²) in [4.78, 5) is 0. The zero-order chi connectivity index (χ0) is 12.8. The van der Waals surface area contributed by atoms with Gasteiger partial charge in [-0.05, 0) is 25.1 Å². The van der Waals surface area contributed by atoms with E-state index in [1.807, 2.05) is 6.92 Å². The normalized spacial score (nSPS) is 13.0. The van der Waals surface area contributed by atoms with Crippen molar-refractivity contribution in [1.29, 1.82) is 0 Å². The second kappa shape index (κ2) is 6.54. The third-order valence-electron chi connectivity index (χ3n) is 2.57. The number of hydrogen-bond acceptors (Lipinski definition) is 4. The zero-order valence-electron chi connectivity index (χ0n) is 10.2. The van der Waals surface area contributed by atoms with Crippen LogP contribution < -0.4 is 5.32 Å². The summed E-state index contributed by atoms with van der Waals surface area (Å²) < 4.78 is 23.1. The second-order valence-corrected chi connectivity index (χ2v) is 3.73. The van der Waals surface area contributed by atoms with Crippen molar-refractivity contribution in [2.24, 2.45) is 0 Å². The van der Waals surface area contributed by atoms with Crippen LogP contribution in [0, 0.1) is 5.82 Å². The fourth-order valence-electron chi connectivity index (χ4n) is 1.52. The summed E-state index contributed by atoms with van der Waals surface area (Å²) in [5.74, 6) is -0.306. The van der Waals surface area contributed by atoms with E-state index < -0.39 is 0 Å². The molecule has 0 fully saturated rings. The lowest BCUT2D eigenvalue weighted by molar-refractivity contribution is -0.0997. The molecule has 2 N–H and O–H groups in total. The summed E-state index contributed by atoms with van der Waals surface area (Å²) in [6, 6.07) is 3.67. The van der Waals surface area contributed by atoms with Crippen molar-refractivity contribution in [1.82, 2.24) is 5.32 Å². The minimum atomic E-state index is -0.374. The van der Waals surface area contributed by atoms with Crippen LogP contribution in [-0.4, -0.2) is 32.2 Å². The molecule has 0 aromatic heterocycles. The van der Waals surface area contributed by atoms with Crippen LogP contribution in [0.5, 0.6) is 5.75 Å². The predicted molar refractivity (Wildman–Crippen MR) is 62.3 cm³/mol. The minimum Gasteiger partial charge on any atom is -0.508 e. The second-order valence-electron chi connectivity index (χ2n) is 3.73. The molecule has 0 saturated carbocycles. The average molecular weight is 243 g/mol. The third kappa shape index (κ3) is 3.96. The average Bonchev–Trinajstić information content (AvgIpc) is 2.33. The summed E-state index contributed by atoms with van der Waals surface area (Å²) in [5, 5.41) is 12.7. The SMILES string of the molecule is COC(CNC(C)c1cc(F)ccc1O)OC. The van der Waals surface area contributed by atoms with Crippen LogP contribution in [0.2, 0.25) is 0 Å². The van der Waals surface area contributed by atoms with Gasteiger partial charge in [-0.15, -0.1) is 0 Å². The van der Waals surface area contributed by atoms with Gasteiger partial charge in [0, 0.05) is 32.4 Å². The maximum Gasteiger partial charge on any atom is 0.169 e. The number of nitrogens with one attached hydrogen (secondary N) is 1. The first-order chi connectivity index (χ1) is 8.08. The van der Waals surface area contributed by atoms with Crippen molar-refractivity contribution >= 4 is 0 Å². The highest BCUT2D eigenvalue weighted by molar-refractivity contribution is 5.34. The van der Waals surface area contributed by atoms with E-state index in [9.17, 15) is 9.50 Å². The standard InChI is InChI=1S/C12H18FNO3/c1-8(14-7-12(16-2)17-3)10-6-9(13)4-5-11(10)15/h4-6,8,12,14-15H,7H2,1-3H3. The van der Waals surface area contributed by atoms with Crippen molar-refractivity contribution in [3.05, 3.63) is 29.6 Å². The largest absolute Gasteiger partial charge is 0.508 e. The summed E-state index contributed by atoms with van der Waals surface area (Å²) in [7, 11) is 3.08. The Labute approximate surface area is 100 Å². The molecular formula is C12H18FNO3. The first-order valence-corrected chi connectivity index (χ1v) is 5.36. The van der Waals surface area contributed by atoms with Gasteiger partial charge in [0.05, 0.1) is 0 Å². The highest BCUT2D eigenvalue weighted by Crippen LogP contribution is 2.24. The maximum absolute atomic E-state index is 13.1. The van der Waals surface area contributed by atoms with Crippen LogP contribution in [0.1, 0.15) is 18.5 Å². The number of ether oxygens (including phenoxy) is 2. The van der Waals surface area contributed by atoms with Crippen LogP contribution in [0.4, 0.5) is 4.39 Å². The Hall–Kier alpha value is -1.17. The molecule has 0 amide bonds. The zero-order valence-corrected chi connectivity index (χ0v) is 10.2. The van der Waals surface area contributed by atoms with E-state index in [0.29, 0.717) is 12.1 Å². The molecule has 96 valence electrons. The first-order valence-electron chi connectivity index (χ1n) is 5.36. The Morgan fingerprint density at radius 2 is 2.00 bits per heavy atom. The van der Waals surface area contributed by atoms with Crippen LogP contribution in [0.25, 0.3) is 0 Å². The van der Waals surface area contributed by atoms with E-state index in [4.69, 9.17) is 9.47 Å². The molecule has 1 aromatic rings. The van der Waals surface area contributed by atoms with Crippen LogP contribution >= 0.6 is 0 Å². The first kappa shape index (κ1) is 13.9. The molecule has 0 aliphatic heterocycles. The Kier molecular flexibility index (Phi) is 5.34. The summed E-state index contributed by atoms with van der Waals surface area (Å²) in [6.07, 6.45) is -0.367. The molecule has 5 heteroatoms. The lowest BCUT2D eigenvalue weighted by Crippen LogP contribution is -2.31. The highest BCUT2D eigenvalue weighted by Gasteiger charge is 2.13. The summed E-state index contributed by atoms with van der Waals surface area (Å²) in [6.45, 7) is 2.28. The van der Waals surface area contributed by atoms with E-state index >= 15 is 0 Å². The quantitative estimate of drug-likeness (QED) is 0.748. The number of benzene rings is 1. The number of aromatic hydroxyl groups is 1. The van der Waals surface area contributed by atoms with Crippen molar-refractivity contribution in [3.63, 3.8) is 0 Å². The van der Waals surface area contributed by atoms with Gasteiger partial charge in [-0.3, -0.25) is 0 Å². The number of hydrogen-bond donors (Lipinski definition) is 2. The summed E-state index contributed by atoms with van der Waals surface area (Å²) in [5.41, 5.74) is 0.510. The van der Waals surface area contributed by atoms with Crippen LogP contribution in [0.3, 0.4) is 0 Å². The van der Waals surface area contributed by atoms with E-state index in [2.05, 4.69) is 5.32 Å². The molecule has 17 heavy (non-hydrogen) atoms. The van der Waals surface area contributed by atoms with Crippen molar-refractivity contribution in [2.45, 2.75) is 19.3 Å². The minimum absolute atomic E-state index is 0.0674. The Morgan fingerprint density at radius 3 is 2.59 bits per heavy atom. The predicted octanol–water partition coefficient (Wildman–Crippen LogP) is 1.80. The maximum atomic E-state index is 13.1. The van der Waals surface area contributed by atoms with Gasteiger partial charge in [0.1, 0.15) is 11.6 Å². The third-order valence-corrected chi connectivity index (χ3v) is 2.57. The fraction of sp³-hybridized carbons (Fsp3) is 0.500. The molecule has 0 saturated heterocycles. The number of phenols is 1. The van der Waals surface area contributed by atoms with Crippen LogP contribution in [0.15, 0.2) is 18.2 Å². The van der Waals surface area contributed by atoms with Gasteiger partial charge in [-0.25, -0.2) is 4.39 Å². The van der Waals surface area contributed by atoms with E-state index in [-0.39, 0.29) is 23.9 Å². The van der Waals surface area contributed by atoms with Gasteiger partial charge in [-0.1, -0.05) is 0 Å². The Bertz CT molecular complexity index is 356. The van der Waals surface area contributed by atoms with Gasteiger partial charge in [0.15, 0.2) is 6.29 Å². The lowest BCUT2D eigenvalue weighted by atomic mass is 10.1. The van der Waals surface area contributed by atoms with Gasteiger partial charge in [0.25, 0.3) is 0 Å². The molecular weight excluding hydrogens is 225 g/mol. The van der Waals surface area contributed by atoms with Gasteiger partial charge < -0.3 is 19.9 Å². The molecule has 1 rings (SSSR count). The molecule has 0 spiro atoms. The van der Waals surface area contributed by atoms with E-state index in [1.54, 1.807) is 14.2 Å². The Balaban J connectivity index is 2.63. The smallest absolute Gasteiger partial charge is 0.169 e. The van der Waals surface area contributed by atoms with Crippen LogP contribution in [-0.2, 0) is 9.47 Å². The van der Waals surface area contributed by atoms with Gasteiger partial charge >= 0.3 is 0 Å². The highest BCUT2D eigenvalue weighted by atomic mass is 19.1. The molecule has 0 heterocycles.